The molecule has 0 aliphatic heterocycles. The van der Waals surface area contributed by atoms with Crippen molar-refractivity contribution < 1.29 is 4.79 Å². The van der Waals surface area contributed by atoms with Crippen molar-refractivity contribution >= 4 is 29.4 Å². The molecule has 4 heteroatoms. The lowest BCUT2D eigenvalue weighted by Gasteiger charge is -2.13. The molecule has 0 saturated heterocycles. The average molecular weight is 324 g/mol. The lowest BCUT2D eigenvalue weighted by molar-refractivity contribution is -0.120. The van der Waals surface area contributed by atoms with Gasteiger partial charge in [0.05, 0.1) is 5.25 Å². The summed E-state index contributed by atoms with van der Waals surface area (Å²) in [5, 5.41) is 3.85. The first-order valence-electron chi connectivity index (χ1n) is 7.78. The number of benzene rings is 1. The smallest absolute Gasteiger partial charge is 0.233 e. The molecule has 1 aromatic carbocycles. The third-order valence-corrected chi connectivity index (χ3v) is 6.25. The van der Waals surface area contributed by atoms with Crippen molar-refractivity contribution in [3.63, 3.8) is 0 Å². The van der Waals surface area contributed by atoms with Crippen LogP contribution in [0.2, 0.25) is 0 Å². The van der Waals surface area contributed by atoms with Gasteiger partial charge in [0.1, 0.15) is 0 Å². The average Bonchev–Trinajstić information content (AvgIpc) is 2.99. The third kappa shape index (κ3) is 5.95. The Morgan fingerprint density at radius 1 is 1.29 bits per heavy atom. The van der Waals surface area contributed by atoms with E-state index in [0.29, 0.717) is 0 Å². The van der Waals surface area contributed by atoms with Crippen LogP contribution in [0.4, 0.5) is 0 Å². The normalized spacial score (nSPS) is 16.9. The van der Waals surface area contributed by atoms with E-state index in [1.54, 1.807) is 11.8 Å². The summed E-state index contributed by atoms with van der Waals surface area (Å²) >= 11 is 3.65. The van der Waals surface area contributed by atoms with E-state index >= 15 is 0 Å². The second-order valence-electron chi connectivity index (χ2n) is 5.64. The number of thioether (sulfide) groups is 2. The molecule has 1 saturated carbocycles. The van der Waals surface area contributed by atoms with Crippen LogP contribution in [0.3, 0.4) is 0 Å². The van der Waals surface area contributed by atoms with Crippen molar-refractivity contribution in [3.05, 3.63) is 29.8 Å². The Morgan fingerprint density at radius 3 is 2.62 bits per heavy atom. The van der Waals surface area contributed by atoms with E-state index in [1.807, 2.05) is 18.7 Å². The molecule has 21 heavy (non-hydrogen) atoms. The zero-order valence-corrected chi connectivity index (χ0v) is 14.6. The Morgan fingerprint density at radius 2 is 1.95 bits per heavy atom. The molecule has 2 rings (SSSR count). The topological polar surface area (TPSA) is 29.1 Å². The number of hydrogen-bond donors (Lipinski definition) is 1. The molecule has 0 heterocycles. The number of amides is 1. The minimum Gasteiger partial charge on any atom is -0.354 e. The van der Waals surface area contributed by atoms with Gasteiger partial charge in [0.25, 0.3) is 0 Å². The van der Waals surface area contributed by atoms with Gasteiger partial charge in [0.2, 0.25) is 5.91 Å². The number of carbonyl (C=O) groups excluding carboxylic acids is 1. The van der Waals surface area contributed by atoms with Crippen LogP contribution in [0.25, 0.3) is 0 Å². The Labute approximate surface area is 136 Å². The highest BCUT2D eigenvalue weighted by molar-refractivity contribution is 8.00. The van der Waals surface area contributed by atoms with Crippen molar-refractivity contribution in [3.8, 4) is 0 Å². The lowest BCUT2D eigenvalue weighted by atomic mass is 10.2. The van der Waals surface area contributed by atoms with Crippen LogP contribution in [0.5, 0.6) is 0 Å². The summed E-state index contributed by atoms with van der Waals surface area (Å²) in [7, 11) is 0. The highest BCUT2D eigenvalue weighted by Gasteiger charge is 2.16. The molecule has 1 aliphatic rings. The molecule has 1 N–H and O–H groups in total. The van der Waals surface area contributed by atoms with E-state index in [1.165, 1.54) is 31.2 Å². The molecule has 1 amide bonds. The largest absolute Gasteiger partial charge is 0.354 e. The lowest BCUT2D eigenvalue weighted by Crippen LogP contribution is -2.32. The summed E-state index contributed by atoms with van der Waals surface area (Å²) < 4.78 is 0. The highest BCUT2D eigenvalue weighted by atomic mass is 32.2. The minimum absolute atomic E-state index is 0.0378. The summed E-state index contributed by atoms with van der Waals surface area (Å²) in [4.78, 5) is 13.2. The van der Waals surface area contributed by atoms with E-state index in [-0.39, 0.29) is 11.2 Å². The van der Waals surface area contributed by atoms with Crippen molar-refractivity contribution in [2.75, 3.05) is 12.3 Å². The fraction of sp³-hybridized carbons (Fsp3) is 0.588. The molecule has 2 nitrogen and oxygen atoms in total. The van der Waals surface area contributed by atoms with Crippen LogP contribution in [-0.4, -0.2) is 28.7 Å². The maximum Gasteiger partial charge on any atom is 0.233 e. The highest BCUT2D eigenvalue weighted by Crippen LogP contribution is 2.29. The van der Waals surface area contributed by atoms with E-state index < -0.39 is 0 Å². The van der Waals surface area contributed by atoms with E-state index in [0.717, 1.165) is 22.4 Å². The minimum atomic E-state index is -0.0378. The number of carbonyl (C=O) groups is 1. The molecule has 0 spiro atoms. The number of hydrogen-bond acceptors (Lipinski definition) is 3. The molecule has 1 fully saturated rings. The summed E-state index contributed by atoms with van der Waals surface area (Å²) in [5.74, 6) is 1.19. The van der Waals surface area contributed by atoms with Gasteiger partial charge in [-0.3, -0.25) is 4.79 Å². The maximum absolute atomic E-state index is 12.1. The SMILES string of the molecule is Cc1ccc(SC(C)C(=O)NCCSC2CCCC2)cc1. The molecule has 116 valence electrons. The zero-order chi connectivity index (χ0) is 15.1. The molecule has 1 atom stereocenters. The van der Waals surface area contributed by atoms with Gasteiger partial charge in [0.15, 0.2) is 0 Å². The van der Waals surface area contributed by atoms with Gasteiger partial charge in [-0.2, -0.15) is 11.8 Å². The monoisotopic (exact) mass is 323 g/mol. The van der Waals surface area contributed by atoms with Gasteiger partial charge in [-0.25, -0.2) is 0 Å². The first-order chi connectivity index (χ1) is 10.1. The standard InChI is InChI=1S/C17H25NOS2/c1-13-7-9-16(10-8-13)21-14(2)17(19)18-11-12-20-15-5-3-4-6-15/h7-10,14-15H,3-6,11-12H2,1-2H3,(H,18,19). The van der Waals surface area contributed by atoms with Crippen molar-refractivity contribution in [1.29, 1.82) is 0 Å². The van der Waals surface area contributed by atoms with Gasteiger partial charge in [0, 0.05) is 22.4 Å². The van der Waals surface area contributed by atoms with Gasteiger partial charge in [-0.15, -0.1) is 11.8 Å². The van der Waals surface area contributed by atoms with Crippen molar-refractivity contribution in [2.24, 2.45) is 0 Å². The number of rotatable bonds is 7. The number of nitrogens with one attached hydrogen (secondary N) is 1. The van der Waals surface area contributed by atoms with Crippen LogP contribution < -0.4 is 5.32 Å². The van der Waals surface area contributed by atoms with Crippen LogP contribution >= 0.6 is 23.5 Å². The summed E-state index contributed by atoms with van der Waals surface area (Å²) in [5.41, 5.74) is 1.25. The van der Waals surface area contributed by atoms with Crippen LogP contribution in [0.1, 0.15) is 38.2 Å². The summed E-state index contributed by atoms with van der Waals surface area (Å²) in [6, 6.07) is 8.34. The van der Waals surface area contributed by atoms with Crippen LogP contribution in [-0.2, 0) is 4.79 Å². The molecular weight excluding hydrogens is 298 g/mol. The van der Waals surface area contributed by atoms with Crippen LogP contribution in [0, 0.1) is 6.92 Å². The Kier molecular flexibility index (Phi) is 6.97. The molecular formula is C17H25NOS2. The molecule has 1 aliphatic carbocycles. The zero-order valence-electron chi connectivity index (χ0n) is 12.9. The third-order valence-electron chi connectivity index (χ3n) is 3.76. The van der Waals surface area contributed by atoms with Gasteiger partial charge in [-0.1, -0.05) is 30.5 Å². The molecule has 0 radical (unpaired) electrons. The molecule has 0 bridgehead atoms. The molecule has 1 unspecified atom stereocenters. The van der Waals surface area contributed by atoms with Crippen molar-refractivity contribution in [1.82, 2.24) is 5.32 Å². The Balaban J connectivity index is 1.63. The Bertz CT molecular complexity index is 441. The quantitative estimate of drug-likeness (QED) is 0.600. The fourth-order valence-electron chi connectivity index (χ4n) is 2.47. The van der Waals surface area contributed by atoms with Gasteiger partial charge < -0.3 is 5.32 Å². The number of aryl methyl sites for hydroxylation is 1. The summed E-state index contributed by atoms with van der Waals surface area (Å²) in [6.45, 7) is 4.84. The first kappa shape index (κ1) is 16.8. The fourth-order valence-corrected chi connectivity index (χ4v) is 4.58. The van der Waals surface area contributed by atoms with Gasteiger partial charge in [-0.05, 0) is 38.8 Å². The second-order valence-corrected chi connectivity index (χ2v) is 8.46. The van der Waals surface area contributed by atoms with E-state index in [9.17, 15) is 4.79 Å². The first-order valence-corrected chi connectivity index (χ1v) is 9.70. The predicted molar refractivity (Wildman–Crippen MR) is 94.2 cm³/mol. The predicted octanol–water partition coefficient (Wildman–Crippen LogP) is 4.27. The van der Waals surface area contributed by atoms with Crippen molar-refractivity contribution in [2.45, 2.75) is 54.9 Å². The van der Waals surface area contributed by atoms with E-state index in [2.05, 4.69) is 36.5 Å². The second kappa shape index (κ2) is 8.74. The van der Waals surface area contributed by atoms with Gasteiger partial charge >= 0.3 is 0 Å². The maximum atomic E-state index is 12.1. The summed E-state index contributed by atoms with van der Waals surface area (Å²) in [6.07, 6.45) is 5.49. The molecule has 0 aromatic heterocycles. The van der Waals surface area contributed by atoms with E-state index in [4.69, 9.17) is 0 Å². The Hall–Kier alpha value is -0.610. The molecule has 1 aromatic rings. The van der Waals surface area contributed by atoms with Crippen LogP contribution in [0.15, 0.2) is 29.2 Å².